The number of H-pyrrole nitrogens is 2. The summed E-state index contributed by atoms with van der Waals surface area (Å²) in [7, 11) is 0. The second-order valence-electron chi connectivity index (χ2n) is 5.64. The van der Waals surface area contributed by atoms with Crippen LogP contribution in [0.2, 0.25) is 5.02 Å². The number of aromatic amines is 2. The van der Waals surface area contributed by atoms with Crippen molar-refractivity contribution in [3.05, 3.63) is 71.0 Å². The number of nitrogens with one attached hydrogen (secondary N) is 4. The molecular weight excluding hydrogens is 368 g/mol. The molecule has 134 valence electrons. The fraction of sp³-hybridized carbons (Fsp3) is 0. The van der Waals surface area contributed by atoms with Crippen LogP contribution in [-0.2, 0) is 0 Å². The lowest BCUT2D eigenvalue weighted by Crippen LogP contribution is -2.14. The van der Waals surface area contributed by atoms with E-state index in [-0.39, 0.29) is 17.8 Å². The van der Waals surface area contributed by atoms with E-state index in [2.05, 4.69) is 30.6 Å². The van der Waals surface area contributed by atoms with Crippen molar-refractivity contribution in [3.63, 3.8) is 0 Å². The van der Waals surface area contributed by atoms with Crippen molar-refractivity contribution in [1.82, 2.24) is 19.9 Å². The lowest BCUT2D eigenvalue weighted by Gasteiger charge is -2.02. The Balaban J connectivity index is 1.60. The zero-order valence-corrected chi connectivity index (χ0v) is 14.5. The molecule has 0 spiro atoms. The fourth-order valence-corrected chi connectivity index (χ4v) is 2.78. The Hall–Kier alpha value is -3.65. The van der Waals surface area contributed by atoms with Crippen LogP contribution in [0.15, 0.2) is 54.9 Å². The zero-order valence-electron chi connectivity index (χ0n) is 13.8. The molecular formula is C18H13ClN6O2. The van der Waals surface area contributed by atoms with Crippen molar-refractivity contribution < 1.29 is 9.59 Å². The Kier molecular flexibility index (Phi) is 4.31. The number of para-hydroxylation sites is 1. The summed E-state index contributed by atoms with van der Waals surface area (Å²) in [6.07, 6.45) is 3.14. The van der Waals surface area contributed by atoms with E-state index in [4.69, 9.17) is 11.6 Å². The lowest BCUT2D eigenvalue weighted by atomic mass is 10.2. The van der Waals surface area contributed by atoms with Crippen molar-refractivity contribution >= 4 is 46.3 Å². The molecule has 4 N–H and O–H groups in total. The highest BCUT2D eigenvalue weighted by Crippen LogP contribution is 2.20. The van der Waals surface area contributed by atoms with Crippen LogP contribution >= 0.6 is 11.6 Å². The van der Waals surface area contributed by atoms with Gasteiger partial charge in [0, 0.05) is 23.0 Å². The molecule has 0 saturated carbocycles. The molecule has 2 aromatic heterocycles. The van der Waals surface area contributed by atoms with Crippen LogP contribution in [0.4, 0.5) is 11.9 Å². The quantitative estimate of drug-likeness (QED) is 0.434. The summed E-state index contributed by atoms with van der Waals surface area (Å²) in [5, 5.41) is 5.79. The predicted octanol–water partition coefficient (Wildman–Crippen LogP) is 3.44. The second-order valence-corrected chi connectivity index (χ2v) is 6.08. The molecule has 0 aliphatic carbocycles. The summed E-state index contributed by atoms with van der Waals surface area (Å²) >= 11 is 5.91. The van der Waals surface area contributed by atoms with E-state index in [1.165, 1.54) is 6.20 Å². The smallest absolute Gasteiger partial charge is 0.260 e. The monoisotopic (exact) mass is 380 g/mol. The first-order chi connectivity index (χ1) is 13.1. The summed E-state index contributed by atoms with van der Waals surface area (Å²) in [6, 6.07) is 11.7. The fourth-order valence-electron chi connectivity index (χ4n) is 2.59. The summed E-state index contributed by atoms with van der Waals surface area (Å²) in [5.74, 6) is -0.164. The highest BCUT2D eigenvalue weighted by Gasteiger charge is 2.16. The van der Waals surface area contributed by atoms with Gasteiger partial charge >= 0.3 is 0 Å². The Labute approximate surface area is 158 Å². The normalized spacial score (nSPS) is 10.7. The number of carbonyl (C=O) groups is 2. The number of hydrogen-bond donors (Lipinski definition) is 4. The third-order valence-electron chi connectivity index (χ3n) is 3.81. The van der Waals surface area contributed by atoms with Crippen molar-refractivity contribution in [2.45, 2.75) is 0 Å². The largest absolute Gasteiger partial charge is 0.331 e. The van der Waals surface area contributed by atoms with Crippen LogP contribution < -0.4 is 10.6 Å². The number of benzene rings is 2. The molecule has 0 atom stereocenters. The van der Waals surface area contributed by atoms with Gasteiger partial charge in [-0.2, -0.15) is 0 Å². The number of imidazole rings is 2. The highest BCUT2D eigenvalue weighted by molar-refractivity contribution is 6.31. The van der Waals surface area contributed by atoms with Crippen LogP contribution in [0.3, 0.4) is 0 Å². The molecule has 0 aliphatic heterocycles. The van der Waals surface area contributed by atoms with Crippen LogP contribution in [0, 0.1) is 0 Å². The number of hydrogen-bond acceptors (Lipinski definition) is 4. The van der Waals surface area contributed by atoms with Gasteiger partial charge in [0.1, 0.15) is 5.52 Å². The highest BCUT2D eigenvalue weighted by atomic mass is 35.5. The SMILES string of the molecule is O=C(Nc1nc2c(C(=O)Nc3ncc[nH]3)cccc2[nH]1)c1cccc(Cl)c1. The Bertz CT molecular complexity index is 1140. The van der Waals surface area contributed by atoms with Crippen molar-refractivity contribution in [2.24, 2.45) is 0 Å². The standard InChI is InChI=1S/C18H13ClN6O2/c19-11-4-1-3-10(9-11)15(26)24-18-22-13-6-2-5-12(14(13)23-18)16(27)25-17-20-7-8-21-17/h1-9H,(H2,20,21,25,27)(H2,22,23,24,26). The second kappa shape index (κ2) is 6.93. The topological polar surface area (TPSA) is 116 Å². The number of fused-ring (bicyclic) bond motifs is 1. The van der Waals surface area contributed by atoms with E-state index in [9.17, 15) is 9.59 Å². The third kappa shape index (κ3) is 3.51. The summed E-state index contributed by atoms with van der Waals surface area (Å²) < 4.78 is 0. The number of carbonyl (C=O) groups excluding carboxylic acids is 2. The van der Waals surface area contributed by atoms with Gasteiger partial charge in [0.05, 0.1) is 11.1 Å². The molecule has 4 rings (SSSR count). The Morgan fingerprint density at radius 2 is 1.81 bits per heavy atom. The van der Waals surface area contributed by atoms with Gasteiger partial charge in [-0.15, -0.1) is 0 Å². The number of amides is 2. The van der Waals surface area contributed by atoms with Gasteiger partial charge in [-0.1, -0.05) is 23.7 Å². The van der Waals surface area contributed by atoms with Gasteiger partial charge in [0.25, 0.3) is 11.8 Å². The van der Waals surface area contributed by atoms with Gasteiger partial charge in [-0.25, -0.2) is 9.97 Å². The van der Waals surface area contributed by atoms with Gasteiger partial charge in [0.2, 0.25) is 11.9 Å². The first kappa shape index (κ1) is 16.8. The molecule has 2 heterocycles. The maximum Gasteiger partial charge on any atom is 0.260 e. The van der Waals surface area contributed by atoms with Crippen molar-refractivity contribution in [1.29, 1.82) is 0 Å². The first-order valence-corrected chi connectivity index (χ1v) is 8.34. The molecule has 0 bridgehead atoms. The number of aromatic nitrogens is 4. The van der Waals surface area contributed by atoms with Crippen molar-refractivity contribution in [3.8, 4) is 0 Å². The van der Waals surface area contributed by atoms with E-state index in [1.54, 1.807) is 48.7 Å². The van der Waals surface area contributed by atoms with Gasteiger partial charge in [0.15, 0.2) is 0 Å². The predicted molar refractivity (Wildman–Crippen MR) is 102 cm³/mol. The first-order valence-electron chi connectivity index (χ1n) is 7.96. The minimum absolute atomic E-state index is 0.230. The molecule has 27 heavy (non-hydrogen) atoms. The third-order valence-corrected chi connectivity index (χ3v) is 4.04. The van der Waals surface area contributed by atoms with E-state index in [0.29, 0.717) is 33.1 Å². The molecule has 9 heteroatoms. The van der Waals surface area contributed by atoms with E-state index in [1.807, 2.05) is 0 Å². The van der Waals surface area contributed by atoms with E-state index < -0.39 is 0 Å². The van der Waals surface area contributed by atoms with Crippen molar-refractivity contribution in [2.75, 3.05) is 10.6 Å². The lowest BCUT2D eigenvalue weighted by molar-refractivity contribution is 0.101. The van der Waals surface area contributed by atoms with Crippen LogP contribution in [0.5, 0.6) is 0 Å². The number of halogens is 1. The molecule has 0 unspecified atom stereocenters. The molecule has 0 saturated heterocycles. The number of rotatable bonds is 4. The maximum absolute atomic E-state index is 12.5. The Morgan fingerprint density at radius 3 is 2.59 bits per heavy atom. The maximum atomic E-state index is 12.5. The average molecular weight is 381 g/mol. The van der Waals surface area contributed by atoms with Crippen LogP contribution in [-0.4, -0.2) is 31.8 Å². The molecule has 8 nitrogen and oxygen atoms in total. The van der Waals surface area contributed by atoms with E-state index in [0.717, 1.165) is 0 Å². The number of anilines is 2. The van der Waals surface area contributed by atoms with Crippen LogP contribution in [0.1, 0.15) is 20.7 Å². The average Bonchev–Trinajstić information content (AvgIpc) is 3.30. The minimum atomic E-state index is -0.366. The molecule has 0 aliphatic rings. The van der Waals surface area contributed by atoms with Gasteiger partial charge < -0.3 is 9.97 Å². The summed E-state index contributed by atoms with van der Waals surface area (Å²) in [5.41, 5.74) is 1.80. The summed E-state index contributed by atoms with van der Waals surface area (Å²) in [4.78, 5) is 38.9. The minimum Gasteiger partial charge on any atom is -0.331 e. The van der Waals surface area contributed by atoms with Crippen LogP contribution in [0.25, 0.3) is 11.0 Å². The van der Waals surface area contributed by atoms with E-state index >= 15 is 0 Å². The molecule has 2 aromatic carbocycles. The Morgan fingerprint density at radius 1 is 1.00 bits per heavy atom. The molecule has 2 amide bonds. The van der Waals surface area contributed by atoms with Gasteiger partial charge in [-0.05, 0) is 30.3 Å². The van der Waals surface area contributed by atoms with Gasteiger partial charge in [-0.3, -0.25) is 20.2 Å². The molecule has 4 aromatic rings. The zero-order chi connectivity index (χ0) is 18.8. The number of nitrogens with zero attached hydrogens (tertiary/aromatic N) is 2. The summed E-state index contributed by atoms with van der Waals surface area (Å²) in [6.45, 7) is 0. The molecule has 0 fully saturated rings. The molecule has 0 radical (unpaired) electrons.